The van der Waals surface area contributed by atoms with Gasteiger partial charge in [0.05, 0.1) is 11.1 Å². The highest BCUT2D eigenvalue weighted by Crippen LogP contribution is 2.34. The van der Waals surface area contributed by atoms with Gasteiger partial charge in [-0.15, -0.1) is 0 Å². The van der Waals surface area contributed by atoms with Gasteiger partial charge in [-0.1, -0.05) is 11.6 Å². The summed E-state index contributed by atoms with van der Waals surface area (Å²) in [5.74, 6) is -3.62. The smallest absolute Gasteiger partial charge is 0.268 e. The Bertz CT molecular complexity index is 1120. The van der Waals surface area contributed by atoms with Crippen LogP contribution < -0.4 is 0 Å². The molecule has 0 unspecified atom stereocenters. The highest BCUT2D eigenvalue weighted by Gasteiger charge is 2.24. The summed E-state index contributed by atoms with van der Waals surface area (Å²) in [7, 11) is 1.23. The molecule has 2 aromatic rings. The Hall–Kier alpha value is -3.69. The van der Waals surface area contributed by atoms with Crippen molar-refractivity contribution >= 4 is 23.3 Å². The molecule has 154 valence electrons. The van der Waals surface area contributed by atoms with Crippen molar-refractivity contribution in [2.75, 3.05) is 7.05 Å². The molecule has 0 fully saturated rings. The number of aromatic hydroxyl groups is 1. The van der Waals surface area contributed by atoms with Crippen molar-refractivity contribution in [2.24, 2.45) is 0 Å². The fourth-order valence-electron chi connectivity index (χ4n) is 2.57. The second-order valence-corrected chi connectivity index (χ2v) is 6.54. The van der Waals surface area contributed by atoms with E-state index in [4.69, 9.17) is 16.9 Å². The summed E-state index contributed by atoms with van der Waals surface area (Å²) < 4.78 is 40.1. The van der Waals surface area contributed by atoms with Crippen LogP contribution in [-0.4, -0.2) is 28.1 Å². The molecule has 0 aliphatic heterocycles. The molecule has 0 aliphatic rings. The topological polar surface area (TPSA) is 108 Å². The molecule has 0 aromatic heterocycles. The van der Waals surface area contributed by atoms with Gasteiger partial charge in [-0.2, -0.15) is 10.5 Å². The minimum atomic E-state index is -3.18. The van der Waals surface area contributed by atoms with Gasteiger partial charge in [0, 0.05) is 29.7 Å². The van der Waals surface area contributed by atoms with Crippen molar-refractivity contribution in [1.82, 2.24) is 4.90 Å². The number of carbonyl (C=O) groups excluding carboxylic acids is 1. The number of rotatable bonds is 5. The van der Waals surface area contributed by atoms with Gasteiger partial charge >= 0.3 is 0 Å². The van der Waals surface area contributed by atoms with Crippen LogP contribution in [0.5, 0.6) is 5.75 Å². The molecule has 0 spiro atoms. The van der Waals surface area contributed by atoms with Crippen molar-refractivity contribution in [1.29, 1.82) is 10.5 Å². The maximum Gasteiger partial charge on any atom is 0.268 e. The number of carbonyl (C=O) groups is 1. The number of aliphatic hydroxyl groups is 1. The number of halogens is 4. The minimum Gasteiger partial charge on any atom is -0.506 e. The quantitative estimate of drug-likeness (QED) is 0.410. The average Bonchev–Trinajstić information content (AvgIpc) is 2.70. The lowest BCUT2D eigenvalue weighted by Gasteiger charge is -2.18. The molecular weight excluding hydrogens is 423 g/mol. The van der Waals surface area contributed by atoms with Crippen molar-refractivity contribution in [3.05, 3.63) is 69.0 Å². The number of amides is 1. The fraction of sp³-hybridized carbons (Fsp3) is 0.150. The lowest BCUT2D eigenvalue weighted by Crippen LogP contribution is -2.28. The van der Waals surface area contributed by atoms with Crippen molar-refractivity contribution in [3.63, 3.8) is 0 Å². The first-order valence-corrected chi connectivity index (χ1v) is 8.56. The number of benzene rings is 2. The van der Waals surface area contributed by atoms with Gasteiger partial charge in [-0.3, -0.25) is 4.79 Å². The standard InChI is InChI=1S/C20H13ClF3N3O3/c1-27(9-12-5-13(21)2-3-16(12)22)20(30)15(8-26)17(28)10-4-11(7-25)18(29)14(6-10)19(23)24/h2-6,19,28-29H,9H2,1H3/b17-15-. The molecule has 10 heteroatoms. The fourth-order valence-corrected chi connectivity index (χ4v) is 2.77. The Balaban J connectivity index is 2.47. The molecule has 2 aromatic carbocycles. The summed E-state index contributed by atoms with van der Waals surface area (Å²) in [6.45, 7) is -0.301. The van der Waals surface area contributed by atoms with E-state index >= 15 is 0 Å². The number of phenols is 1. The van der Waals surface area contributed by atoms with Crippen LogP contribution >= 0.6 is 11.6 Å². The summed E-state index contributed by atoms with van der Waals surface area (Å²) in [5.41, 5.74) is -2.74. The number of likely N-dealkylation sites (N-methyl/N-ethyl adjacent to an activating group) is 1. The second kappa shape index (κ2) is 9.21. The molecule has 0 atom stereocenters. The van der Waals surface area contributed by atoms with Gasteiger partial charge in [0.1, 0.15) is 29.5 Å². The van der Waals surface area contributed by atoms with Crippen molar-refractivity contribution < 1.29 is 28.2 Å². The van der Waals surface area contributed by atoms with Crippen LogP contribution in [-0.2, 0) is 11.3 Å². The lowest BCUT2D eigenvalue weighted by molar-refractivity contribution is -0.126. The third-order valence-corrected chi connectivity index (χ3v) is 4.33. The molecule has 0 heterocycles. The van der Waals surface area contributed by atoms with Gasteiger partial charge in [-0.25, -0.2) is 13.2 Å². The molecule has 2 N–H and O–H groups in total. The number of aliphatic hydroxyl groups excluding tert-OH is 1. The van der Waals surface area contributed by atoms with Crippen LogP contribution in [0.2, 0.25) is 5.02 Å². The predicted octanol–water partition coefficient (Wildman–Crippen LogP) is 4.45. The third kappa shape index (κ3) is 4.65. The molecular formula is C20H13ClF3N3O3. The predicted molar refractivity (Wildman–Crippen MR) is 101 cm³/mol. The van der Waals surface area contributed by atoms with E-state index in [1.54, 1.807) is 0 Å². The van der Waals surface area contributed by atoms with Gasteiger partial charge in [0.2, 0.25) is 0 Å². The summed E-state index contributed by atoms with van der Waals surface area (Å²) in [5, 5.41) is 38.6. The number of hydrogen-bond donors (Lipinski definition) is 2. The first-order chi connectivity index (χ1) is 14.1. The van der Waals surface area contributed by atoms with Gasteiger partial charge in [0.15, 0.2) is 5.57 Å². The number of alkyl halides is 2. The van der Waals surface area contributed by atoms with E-state index in [0.29, 0.717) is 6.07 Å². The largest absolute Gasteiger partial charge is 0.506 e. The summed E-state index contributed by atoms with van der Waals surface area (Å²) in [6.07, 6.45) is -3.18. The van der Waals surface area contributed by atoms with Gasteiger partial charge < -0.3 is 15.1 Å². The monoisotopic (exact) mass is 435 g/mol. The molecule has 6 nitrogen and oxygen atoms in total. The Morgan fingerprint density at radius 2 is 1.93 bits per heavy atom. The highest BCUT2D eigenvalue weighted by atomic mass is 35.5. The zero-order chi connectivity index (χ0) is 22.6. The van der Waals surface area contributed by atoms with Crippen LogP contribution in [0.15, 0.2) is 35.9 Å². The zero-order valence-corrected chi connectivity index (χ0v) is 16.1. The number of hydrogen-bond acceptors (Lipinski definition) is 5. The maximum atomic E-state index is 13.9. The first kappa shape index (κ1) is 22.6. The van der Waals surface area contributed by atoms with Crippen LogP contribution in [0.3, 0.4) is 0 Å². The molecule has 0 aliphatic carbocycles. The van der Waals surface area contributed by atoms with E-state index in [2.05, 4.69) is 0 Å². The molecule has 2 rings (SSSR count). The van der Waals surface area contributed by atoms with Crippen LogP contribution in [0, 0.1) is 28.5 Å². The van der Waals surface area contributed by atoms with Gasteiger partial charge in [-0.05, 0) is 30.3 Å². The second-order valence-electron chi connectivity index (χ2n) is 6.11. The molecule has 0 saturated heterocycles. The average molecular weight is 436 g/mol. The maximum absolute atomic E-state index is 13.9. The number of phenolic OH excluding ortho intramolecular Hbond substituents is 1. The van der Waals surface area contributed by atoms with Crippen LogP contribution in [0.4, 0.5) is 13.2 Å². The first-order valence-electron chi connectivity index (χ1n) is 8.18. The van der Waals surface area contributed by atoms with Gasteiger partial charge in [0.25, 0.3) is 12.3 Å². The molecule has 30 heavy (non-hydrogen) atoms. The number of nitrogens with zero attached hydrogens (tertiary/aromatic N) is 3. The highest BCUT2D eigenvalue weighted by molar-refractivity contribution is 6.30. The molecule has 0 bridgehead atoms. The van der Waals surface area contributed by atoms with E-state index < -0.39 is 51.9 Å². The normalized spacial score (nSPS) is 11.5. The van der Waals surface area contributed by atoms with E-state index in [1.165, 1.54) is 31.3 Å². The number of nitriles is 2. The van der Waals surface area contributed by atoms with Crippen molar-refractivity contribution in [3.8, 4) is 17.9 Å². The summed E-state index contributed by atoms with van der Waals surface area (Å²) >= 11 is 5.80. The summed E-state index contributed by atoms with van der Waals surface area (Å²) in [4.78, 5) is 13.5. The SMILES string of the molecule is CN(Cc1cc(Cl)ccc1F)C(=O)/C(C#N)=C(\O)c1cc(C#N)c(O)c(C(F)F)c1. The zero-order valence-electron chi connectivity index (χ0n) is 15.3. The Kier molecular flexibility index (Phi) is 6.93. The van der Waals surface area contributed by atoms with E-state index in [-0.39, 0.29) is 17.1 Å². The summed E-state index contributed by atoms with van der Waals surface area (Å²) in [6, 6.07) is 8.18. The minimum absolute atomic E-state index is 0.0477. The van der Waals surface area contributed by atoms with E-state index in [1.807, 2.05) is 0 Å². The van der Waals surface area contributed by atoms with E-state index in [9.17, 15) is 33.4 Å². The Morgan fingerprint density at radius 3 is 2.50 bits per heavy atom. The Morgan fingerprint density at radius 1 is 1.27 bits per heavy atom. The van der Waals surface area contributed by atoms with Crippen LogP contribution in [0.1, 0.15) is 28.7 Å². The molecule has 1 amide bonds. The lowest BCUT2D eigenvalue weighted by atomic mass is 10.0. The molecule has 0 saturated carbocycles. The van der Waals surface area contributed by atoms with Crippen LogP contribution in [0.25, 0.3) is 5.76 Å². The van der Waals surface area contributed by atoms with Crippen molar-refractivity contribution in [2.45, 2.75) is 13.0 Å². The van der Waals surface area contributed by atoms with E-state index in [0.717, 1.165) is 17.0 Å². The molecule has 0 radical (unpaired) electrons. The third-order valence-electron chi connectivity index (χ3n) is 4.09. The Labute approximate surface area is 174 Å².